The van der Waals surface area contributed by atoms with E-state index in [-0.39, 0.29) is 0 Å². The molecule has 0 spiro atoms. The van der Waals surface area contributed by atoms with Gasteiger partial charge in [-0.05, 0) is 48.5 Å². The molecule has 0 aliphatic rings. The van der Waals surface area contributed by atoms with Crippen molar-refractivity contribution >= 4 is 17.5 Å². The van der Waals surface area contributed by atoms with E-state index in [0.29, 0.717) is 22.0 Å². The molecule has 2 rings (SSSR count). The highest BCUT2D eigenvalue weighted by Crippen LogP contribution is 2.28. The van der Waals surface area contributed by atoms with Gasteiger partial charge in [0, 0.05) is 10.5 Å². The molecule has 21 heavy (non-hydrogen) atoms. The number of halogens is 1. The third-order valence-electron chi connectivity index (χ3n) is 2.88. The number of alkyl halides is 1. The van der Waals surface area contributed by atoms with Gasteiger partial charge in [0.2, 0.25) is 11.3 Å². The second-order valence-corrected chi connectivity index (χ2v) is 5.32. The Balaban J connectivity index is 2.03. The second kappa shape index (κ2) is 7.13. The minimum Gasteiger partial charge on any atom is -0.497 e. The number of ether oxygens (including phenoxy) is 2. The molecule has 2 aromatic carbocycles. The fraction of sp³-hybridized carbons (Fsp3) is 0.188. The van der Waals surface area contributed by atoms with Crippen LogP contribution in [-0.4, -0.2) is 25.5 Å². The van der Waals surface area contributed by atoms with Crippen molar-refractivity contribution < 1.29 is 18.7 Å². The normalized spacial score (nSPS) is 11.8. The Hall–Kier alpha value is -2.01. The maximum Gasteiger partial charge on any atom is 0.213 e. The van der Waals surface area contributed by atoms with E-state index in [1.54, 1.807) is 55.6 Å². The molecule has 0 bridgehead atoms. The lowest BCUT2D eigenvalue weighted by Gasteiger charge is -2.08. The molecule has 0 aliphatic carbocycles. The van der Waals surface area contributed by atoms with Crippen LogP contribution in [0.5, 0.6) is 11.5 Å². The summed E-state index contributed by atoms with van der Waals surface area (Å²) in [5.41, 5.74) is -1.32. The summed E-state index contributed by atoms with van der Waals surface area (Å²) in [6.07, 6.45) is 0. The number of carbonyl (C=O) groups is 1. The van der Waals surface area contributed by atoms with Gasteiger partial charge < -0.3 is 9.47 Å². The summed E-state index contributed by atoms with van der Waals surface area (Å²) < 4.78 is 24.1. The van der Waals surface area contributed by atoms with Crippen LogP contribution >= 0.6 is 11.8 Å². The van der Waals surface area contributed by atoms with E-state index in [1.807, 2.05) is 0 Å². The summed E-state index contributed by atoms with van der Waals surface area (Å²) in [7, 11) is 3.10. The molecule has 0 aliphatic heterocycles. The molecule has 110 valence electrons. The van der Waals surface area contributed by atoms with E-state index in [9.17, 15) is 9.18 Å². The first-order chi connectivity index (χ1) is 10.1. The number of thioether (sulfide) groups is 1. The summed E-state index contributed by atoms with van der Waals surface area (Å²) in [4.78, 5) is 12.7. The van der Waals surface area contributed by atoms with E-state index in [0.717, 1.165) is 11.8 Å². The lowest BCUT2D eigenvalue weighted by Crippen LogP contribution is -2.11. The van der Waals surface area contributed by atoms with Gasteiger partial charge in [-0.3, -0.25) is 4.79 Å². The maximum atomic E-state index is 14.1. The van der Waals surface area contributed by atoms with E-state index < -0.39 is 11.3 Å². The van der Waals surface area contributed by atoms with Crippen molar-refractivity contribution in [1.82, 2.24) is 0 Å². The van der Waals surface area contributed by atoms with Crippen LogP contribution in [0.2, 0.25) is 0 Å². The van der Waals surface area contributed by atoms with Gasteiger partial charge in [0.05, 0.1) is 14.2 Å². The van der Waals surface area contributed by atoms with Crippen molar-refractivity contribution in [2.45, 2.75) is 10.4 Å². The van der Waals surface area contributed by atoms with Gasteiger partial charge >= 0.3 is 0 Å². The Morgan fingerprint density at radius 2 is 1.43 bits per heavy atom. The largest absolute Gasteiger partial charge is 0.497 e. The van der Waals surface area contributed by atoms with Crippen LogP contribution < -0.4 is 9.47 Å². The predicted octanol–water partition coefficient (Wildman–Crippen LogP) is 3.97. The van der Waals surface area contributed by atoms with Crippen molar-refractivity contribution in [3.63, 3.8) is 0 Å². The molecular weight excluding hydrogens is 291 g/mol. The van der Waals surface area contributed by atoms with Gasteiger partial charge in [0.1, 0.15) is 11.5 Å². The first-order valence-electron chi connectivity index (χ1n) is 6.27. The molecule has 0 amide bonds. The van der Waals surface area contributed by atoms with Gasteiger partial charge in [-0.2, -0.15) is 0 Å². The Morgan fingerprint density at radius 1 is 0.952 bits per heavy atom. The van der Waals surface area contributed by atoms with Crippen molar-refractivity contribution in [3.8, 4) is 11.5 Å². The number of rotatable bonds is 6. The highest BCUT2D eigenvalue weighted by molar-refractivity contribution is 8.00. The summed E-state index contributed by atoms with van der Waals surface area (Å²) >= 11 is 0.873. The zero-order chi connectivity index (χ0) is 15.2. The molecule has 0 heterocycles. The van der Waals surface area contributed by atoms with Crippen LogP contribution in [0.4, 0.5) is 4.39 Å². The third kappa shape index (κ3) is 3.98. The molecular formula is C16H15FO3S. The smallest absolute Gasteiger partial charge is 0.213 e. The highest BCUT2D eigenvalue weighted by Gasteiger charge is 2.20. The summed E-state index contributed by atoms with van der Waals surface area (Å²) in [6, 6.07) is 13.3. The maximum absolute atomic E-state index is 14.1. The number of hydrogen-bond donors (Lipinski definition) is 0. The van der Waals surface area contributed by atoms with Crippen LogP contribution in [0, 0.1) is 0 Å². The second-order valence-electron chi connectivity index (χ2n) is 4.20. The van der Waals surface area contributed by atoms with Gasteiger partial charge in [-0.1, -0.05) is 11.8 Å². The van der Waals surface area contributed by atoms with Crippen LogP contribution in [0.25, 0.3) is 0 Å². The number of hydrogen-bond acceptors (Lipinski definition) is 4. The fourth-order valence-electron chi connectivity index (χ4n) is 1.71. The van der Waals surface area contributed by atoms with Crippen molar-refractivity contribution in [2.75, 3.05) is 14.2 Å². The third-order valence-corrected chi connectivity index (χ3v) is 3.85. The number of ketones is 1. The van der Waals surface area contributed by atoms with E-state index in [2.05, 4.69) is 0 Å². The van der Waals surface area contributed by atoms with E-state index in [4.69, 9.17) is 9.47 Å². The average molecular weight is 306 g/mol. The van der Waals surface area contributed by atoms with Crippen molar-refractivity contribution in [1.29, 1.82) is 0 Å². The number of carbonyl (C=O) groups excluding carboxylic acids is 1. The van der Waals surface area contributed by atoms with Crippen LogP contribution in [-0.2, 0) is 0 Å². The minimum atomic E-state index is -1.65. The summed E-state index contributed by atoms with van der Waals surface area (Å²) in [6.45, 7) is 0. The van der Waals surface area contributed by atoms with E-state index in [1.165, 1.54) is 7.11 Å². The molecule has 1 unspecified atom stereocenters. The first kappa shape index (κ1) is 15.4. The van der Waals surface area contributed by atoms with Gasteiger partial charge in [0.25, 0.3) is 0 Å². The average Bonchev–Trinajstić information content (AvgIpc) is 2.55. The molecule has 0 N–H and O–H groups in total. The molecule has 1 atom stereocenters. The van der Waals surface area contributed by atoms with Crippen molar-refractivity contribution in [3.05, 3.63) is 54.1 Å². The highest BCUT2D eigenvalue weighted by atomic mass is 32.2. The Morgan fingerprint density at radius 3 is 1.90 bits per heavy atom. The number of Topliss-reactive ketones (excluding diaryl/α,β-unsaturated/α-hetero) is 1. The molecule has 3 nitrogen and oxygen atoms in total. The summed E-state index contributed by atoms with van der Waals surface area (Å²) in [5, 5.41) is 0. The molecule has 0 radical (unpaired) electrons. The van der Waals surface area contributed by atoms with Gasteiger partial charge in [-0.25, -0.2) is 4.39 Å². The fourth-order valence-corrected chi connectivity index (χ4v) is 2.49. The standard InChI is InChI=1S/C16H15FO3S/c1-19-12-5-3-11(4-6-12)15(18)16(17)21-14-9-7-13(20-2)8-10-14/h3-10,16H,1-2H3. The predicted molar refractivity (Wildman–Crippen MR) is 81.1 cm³/mol. The Labute approximate surface area is 127 Å². The number of benzene rings is 2. The van der Waals surface area contributed by atoms with Crippen LogP contribution in [0.3, 0.4) is 0 Å². The quantitative estimate of drug-likeness (QED) is 0.597. The lowest BCUT2D eigenvalue weighted by molar-refractivity contribution is 0.0939. The van der Waals surface area contributed by atoms with Crippen LogP contribution in [0.15, 0.2) is 53.4 Å². The molecule has 0 fully saturated rings. The molecule has 2 aromatic rings. The molecule has 0 saturated carbocycles. The van der Waals surface area contributed by atoms with Gasteiger partial charge in [-0.15, -0.1) is 0 Å². The van der Waals surface area contributed by atoms with Crippen LogP contribution in [0.1, 0.15) is 10.4 Å². The van der Waals surface area contributed by atoms with E-state index >= 15 is 0 Å². The number of methoxy groups -OCH3 is 2. The SMILES string of the molecule is COc1ccc(SC(F)C(=O)c2ccc(OC)cc2)cc1. The topological polar surface area (TPSA) is 35.5 Å². The van der Waals surface area contributed by atoms with Gasteiger partial charge in [0.15, 0.2) is 0 Å². The zero-order valence-corrected chi connectivity index (χ0v) is 12.5. The summed E-state index contributed by atoms with van der Waals surface area (Å²) in [5.74, 6) is 0.763. The Kier molecular flexibility index (Phi) is 5.22. The first-order valence-corrected chi connectivity index (χ1v) is 7.15. The monoisotopic (exact) mass is 306 g/mol. The lowest BCUT2D eigenvalue weighted by atomic mass is 10.1. The minimum absolute atomic E-state index is 0.323. The van der Waals surface area contributed by atoms with Crippen molar-refractivity contribution in [2.24, 2.45) is 0 Å². The molecule has 0 aromatic heterocycles. The Bertz CT molecular complexity index is 596. The molecule has 5 heteroatoms. The molecule has 0 saturated heterocycles. The zero-order valence-electron chi connectivity index (χ0n) is 11.7.